The Hall–Kier alpha value is -1.55. The van der Waals surface area contributed by atoms with Crippen LogP contribution in [0, 0.1) is 6.92 Å². The second-order valence-electron chi connectivity index (χ2n) is 5.05. The Labute approximate surface area is 114 Å². The summed E-state index contributed by atoms with van der Waals surface area (Å²) in [5, 5.41) is 3.26. The highest BCUT2D eigenvalue weighted by molar-refractivity contribution is 5.77. The number of likely N-dealkylation sites (tertiary alicyclic amines) is 1. The molecule has 2 rings (SSSR count). The van der Waals surface area contributed by atoms with E-state index < -0.39 is 0 Å². The van der Waals surface area contributed by atoms with E-state index in [4.69, 9.17) is 4.74 Å². The van der Waals surface area contributed by atoms with Gasteiger partial charge in [-0.1, -0.05) is 12.1 Å². The van der Waals surface area contributed by atoms with Crippen molar-refractivity contribution in [3.8, 4) is 5.75 Å². The number of carbonyl (C=O) groups excluding carboxylic acids is 1. The Kier molecular flexibility index (Phi) is 4.80. The summed E-state index contributed by atoms with van der Waals surface area (Å²) in [6.07, 6.45) is 2.04. The molecule has 0 radical (unpaired) electrons. The summed E-state index contributed by atoms with van der Waals surface area (Å²) in [7, 11) is 1.98. The first-order valence-corrected chi connectivity index (χ1v) is 6.83. The summed E-state index contributed by atoms with van der Waals surface area (Å²) >= 11 is 0. The smallest absolute Gasteiger partial charge is 0.260 e. The van der Waals surface area contributed by atoms with Crippen molar-refractivity contribution in [3.63, 3.8) is 0 Å². The molecule has 104 valence electrons. The predicted molar refractivity (Wildman–Crippen MR) is 75.3 cm³/mol. The van der Waals surface area contributed by atoms with Gasteiger partial charge in [0.2, 0.25) is 0 Å². The van der Waals surface area contributed by atoms with Gasteiger partial charge in [0.1, 0.15) is 5.75 Å². The molecule has 0 bridgehead atoms. The van der Waals surface area contributed by atoms with Crippen LogP contribution >= 0.6 is 0 Å². The average molecular weight is 262 g/mol. The molecule has 1 heterocycles. The van der Waals surface area contributed by atoms with Gasteiger partial charge in [-0.15, -0.1) is 0 Å². The lowest BCUT2D eigenvalue weighted by Crippen LogP contribution is -2.45. The van der Waals surface area contributed by atoms with Crippen LogP contribution < -0.4 is 10.1 Å². The van der Waals surface area contributed by atoms with Gasteiger partial charge in [-0.3, -0.25) is 4.79 Å². The van der Waals surface area contributed by atoms with Gasteiger partial charge in [0, 0.05) is 19.1 Å². The second-order valence-corrected chi connectivity index (χ2v) is 5.05. The van der Waals surface area contributed by atoms with Crippen molar-refractivity contribution < 1.29 is 9.53 Å². The molecule has 4 nitrogen and oxygen atoms in total. The standard InChI is InChI=1S/C15H22N2O2/c1-12-4-3-5-14(10-12)19-11-15(18)17-8-6-13(16-2)7-9-17/h3-5,10,13,16H,6-9,11H2,1-2H3. The summed E-state index contributed by atoms with van der Waals surface area (Å²) in [5.74, 6) is 0.842. The van der Waals surface area contributed by atoms with Crippen molar-refractivity contribution in [1.82, 2.24) is 10.2 Å². The SMILES string of the molecule is CNC1CCN(C(=O)COc2cccc(C)c2)CC1. The van der Waals surface area contributed by atoms with Crippen LogP contribution in [0.3, 0.4) is 0 Å². The Morgan fingerprint density at radius 3 is 2.79 bits per heavy atom. The van der Waals surface area contributed by atoms with Crippen molar-refractivity contribution in [2.45, 2.75) is 25.8 Å². The van der Waals surface area contributed by atoms with Gasteiger partial charge in [-0.2, -0.15) is 0 Å². The van der Waals surface area contributed by atoms with E-state index in [1.807, 2.05) is 43.1 Å². The maximum atomic E-state index is 12.0. The molecule has 1 amide bonds. The second kappa shape index (κ2) is 6.57. The first kappa shape index (κ1) is 13.9. The molecule has 1 aromatic carbocycles. The lowest BCUT2D eigenvalue weighted by atomic mass is 10.1. The van der Waals surface area contributed by atoms with E-state index in [0.717, 1.165) is 37.2 Å². The number of amides is 1. The third-order valence-electron chi connectivity index (χ3n) is 3.61. The number of aryl methyl sites for hydroxylation is 1. The largest absolute Gasteiger partial charge is 0.484 e. The molecule has 19 heavy (non-hydrogen) atoms. The molecule has 4 heteroatoms. The van der Waals surface area contributed by atoms with E-state index in [1.54, 1.807) is 0 Å². The van der Waals surface area contributed by atoms with Crippen LogP contribution in [-0.4, -0.2) is 43.6 Å². The summed E-state index contributed by atoms with van der Waals surface area (Å²) in [4.78, 5) is 13.9. The highest BCUT2D eigenvalue weighted by Crippen LogP contribution is 2.14. The lowest BCUT2D eigenvalue weighted by Gasteiger charge is -2.31. The van der Waals surface area contributed by atoms with Gasteiger partial charge in [-0.25, -0.2) is 0 Å². The maximum Gasteiger partial charge on any atom is 0.260 e. The number of benzene rings is 1. The minimum absolute atomic E-state index is 0.0797. The molecule has 0 aromatic heterocycles. The molecular formula is C15H22N2O2. The number of nitrogens with one attached hydrogen (secondary N) is 1. The van der Waals surface area contributed by atoms with E-state index in [-0.39, 0.29) is 12.5 Å². The van der Waals surface area contributed by atoms with Crippen LogP contribution in [0.1, 0.15) is 18.4 Å². The quantitative estimate of drug-likeness (QED) is 0.896. The van der Waals surface area contributed by atoms with Crippen LogP contribution in [0.15, 0.2) is 24.3 Å². The van der Waals surface area contributed by atoms with Crippen molar-refractivity contribution in [3.05, 3.63) is 29.8 Å². The number of hydrogen-bond donors (Lipinski definition) is 1. The normalized spacial score (nSPS) is 16.4. The third-order valence-corrected chi connectivity index (χ3v) is 3.61. The number of nitrogens with zero attached hydrogens (tertiary/aromatic N) is 1. The van der Waals surface area contributed by atoms with E-state index in [9.17, 15) is 4.79 Å². The van der Waals surface area contributed by atoms with Crippen molar-refractivity contribution >= 4 is 5.91 Å². The highest BCUT2D eigenvalue weighted by Gasteiger charge is 2.21. The molecule has 1 N–H and O–H groups in total. The molecular weight excluding hydrogens is 240 g/mol. The molecule has 1 saturated heterocycles. The van der Waals surface area contributed by atoms with Gasteiger partial charge in [0.25, 0.3) is 5.91 Å². The molecule has 1 fully saturated rings. The third kappa shape index (κ3) is 3.96. The van der Waals surface area contributed by atoms with Crippen LogP contribution in [0.5, 0.6) is 5.75 Å². The van der Waals surface area contributed by atoms with E-state index in [1.165, 1.54) is 0 Å². The van der Waals surface area contributed by atoms with Crippen molar-refractivity contribution in [1.29, 1.82) is 0 Å². The highest BCUT2D eigenvalue weighted by atomic mass is 16.5. The van der Waals surface area contributed by atoms with E-state index in [0.29, 0.717) is 6.04 Å². The Bertz CT molecular complexity index is 426. The van der Waals surface area contributed by atoms with E-state index >= 15 is 0 Å². The molecule has 0 saturated carbocycles. The van der Waals surface area contributed by atoms with Crippen molar-refractivity contribution in [2.24, 2.45) is 0 Å². The summed E-state index contributed by atoms with van der Waals surface area (Å²) < 4.78 is 5.55. The summed E-state index contributed by atoms with van der Waals surface area (Å²) in [6.45, 7) is 3.79. The van der Waals surface area contributed by atoms with Crippen LogP contribution in [0.25, 0.3) is 0 Å². The van der Waals surface area contributed by atoms with Crippen LogP contribution in [0.2, 0.25) is 0 Å². The van der Waals surface area contributed by atoms with Crippen molar-refractivity contribution in [2.75, 3.05) is 26.7 Å². The molecule has 0 aliphatic carbocycles. The number of rotatable bonds is 4. The molecule has 0 atom stereocenters. The zero-order valence-electron chi connectivity index (χ0n) is 11.7. The van der Waals surface area contributed by atoms with Gasteiger partial charge >= 0.3 is 0 Å². The minimum Gasteiger partial charge on any atom is -0.484 e. The topological polar surface area (TPSA) is 41.6 Å². The molecule has 1 aliphatic rings. The zero-order chi connectivity index (χ0) is 13.7. The fourth-order valence-electron chi connectivity index (χ4n) is 2.36. The van der Waals surface area contributed by atoms with Gasteiger partial charge in [0.15, 0.2) is 6.61 Å². The van der Waals surface area contributed by atoms with Gasteiger partial charge in [0.05, 0.1) is 0 Å². The number of piperidine rings is 1. The first-order chi connectivity index (χ1) is 9.19. The first-order valence-electron chi connectivity index (χ1n) is 6.83. The Balaban J connectivity index is 1.79. The average Bonchev–Trinajstić information content (AvgIpc) is 2.45. The maximum absolute atomic E-state index is 12.0. The number of carbonyl (C=O) groups is 1. The monoisotopic (exact) mass is 262 g/mol. The summed E-state index contributed by atoms with van der Waals surface area (Å²) in [5.41, 5.74) is 1.14. The van der Waals surface area contributed by atoms with Crippen LogP contribution in [-0.2, 0) is 4.79 Å². The number of hydrogen-bond acceptors (Lipinski definition) is 3. The fourth-order valence-corrected chi connectivity index (χ4v) is 2.36. The van der Waals surface area contributed by atoms with Gasteiger partial charge < -0.3 is 15.0 Å². The molecule has 1 aromatic rings. The summed E-state index contributed by atoms with van der Waals surface area (Å²) in [6, 6.07) is 8.32. The Morgan fingerprint density at radius 1 is 1.42 bits per heavy atom. The zero-order valence-corrected chi connectivity index (χ0v) is 11.7. The fraction of sp³-hybridized carbons (Fsp3) is 0.533. The van der Waals surface area contributed by atoms with Gasteiger partial charge in [-0.05, 0) is 44.5 Å². The molecule has 1 aliphatic heterocycles. The lowest BCUT2D eigenvalue weighted by molar-refractivity contribution is -0.134. The minimum atomic E-state index is 0.0797. The number of ether oxygens (including phenoxy) is 1. The Morgan fingerprint density at radius 2 is 2.16 bits per heavy atom. The molecule has 0 unspecified atom stereocenters. The van der Waals surface area contributed by atoms with Crippen LogP contribution in [0.4, 0.5) is 0 Å². The molecule has 0 spiro atoms. The van der Waals surface area contributed by atoms with E-state index in [2.05, 4.69) is 5.32 Å². The predicted octanol–water partition coefficient (Wildman–Crippen LogP) is 1.58.